The number of hydroxylamine groups is 1. The van der Waals surface area contributed by atoms with Gasteiger partial charge in [0.1, 0.15) is 10.6 Å². The molecule has 1 aliphatic heterocycles. The van der Waals surface area contributed by atoms with Gasteiger partial charge in [0.25, 0.3) is 0 Å². The van der Waals surface area contributed by atoms with E-state index in [1.54, 1.807) is 41.2 Å². The Kier molecular flexibility index (Phi) is 8.97. The van der Waals surface area contributed by atoms with Crippen molar-refractivity contribution in [1.29, 1.82) is 0 Å². The van der Waals surface area contributed by atoms with Crippen molar-refractivity contribution in [3.63, 3.8) is 0 Å². The van der Waals surface area contributed by atoms with Crippen molar-refractivity contribution in [2.75, 3.05) is 5.32 Å². The molecular formula is C18H25N3O5S2. The summed E-state index contributed by atoms with van der Waals surface area (Å²) in [5.74, 6) is -0.885. The van der Waals surface area contributed by atoms with Gasteiger partial charge in [0, 0.05) is 12.1 Å². The van der Waals surface area contributed by atoms with Gasteiger partial charge in [-0.25, -0.2) is 18.6 Å². The number of carbonyl (C=O) groups is 2. The standard InChI is InChI=1S/C18H25N3O5S2/c22-16(20-24)11-6-2-5-10-15(18(23)19-14-8-3-1-4-9-14)21-28(25,26)17-12-7-13-27-17/h1,3-4,7-9,13,15,17,21,24H,2,5-6,10-12H2,(H,19,23)(H,20,22)/t15-,17?/m0/s1. The Labute approximate surface area is 169 Å². The molecule has 0 aromatic heterocycles. The van der Waals surface area contributed by atoms with Crippen molar-refractivity contribution < 1.29 is 23.2 Å². The van der Waals surface area contributed by atoms with Gasteiger partial charge in [-0.05, 0) is 36.8 Å². The first-order chi connectivity index (χ1) is 13.4. The molecule has 28 heavy (non-hydrogen) atoms. The lowest BCUT2D eigenvalue weighted by atomic mass is 10.1. The number of nitrogens with one attached hydrogen (secondary N) is 3. The van der Waals surface area contributed by atoms with Crippen LogP contribution in [0.5, 0.6) is 0 Å². The highest BCUT2D eigenvalue weighted by molar-refractivity contribution is 8.14. The molecule has 4 N–H and O–H groups in total. The number of amides is 2. The zero-order valence-electron chi connectivity index (χ0n) is 15.3. The second kappa shape index (κ2) is 11.2. The zero-order valence-corrected chi connectivity index (χ0v) is 17.0. The summed E-state index contributed by atoms with van der Waals surface area (Å²) in [7, 11) is -3.66. The lowest BCUT2D eigenvalue weighted by Crippen LogP contribution is -2.46. The molecule has 8 nitrogen and oxygen atoms in total. The summed E-state index contributed by atoms with van der Waals surface area (Å²) in [5, 5.41) is 13.0. The summed E-state index contributed by atoms with van der Waals surface area (Å²) in [4.78, 5) is 23.7. The van der Waals surface area contributed by atoms with Crippen LogP contribution in [0.4, 0.5) is 5.69 Å². The number of para-hydroxylation sites is 1. The minimum Gasteiger partial charge on any atom is -0.325 e. The van der Waals surface area contributed by atoms with Crippen molar-refractivity contribution in [3.05, 3.63) is 41.8 Å². The molecule has 0 radical (unpaired) electrons. The predicted molar refractivity (Wildman–Crippen MR) is 109 cm³/mol. The molecule has 2 rings (SSSR count). The third-order valence-electron chi connectivity index (χ3n) is 4.19. The molecule has 0 spiro atoms. The number of rotatable bonds is 11. The van der Waals surface area contributed by atoms with Crippen molar-refractivity contribution in [2.24, 2.45) is 0 Å². The minimum atomic E-state index is -3.66. The van der Waals surface area contributed by atoms with Crippen molar-refractivity contribution in [3.8, 4) is 0 Å². The average Bonchev–Trinajstić information content (AvgIpc) is 3.23. The summed E-state index contributed by atoms with van der Waals surface area (Å²) < 4.78 is 27.1. The molecule has 1 aliphatic rings. The maximum atomic E-state index is 12.7. The first-order valence-corrected chi connectivity index (χ1v) is 11.5. The Bertz CT molecular complexity index is 776. The van der Waals surface area contributed by atoms with Gasteiger partial charge in [-0.2, -0.15) is 0 Å². The van der Waals surface area contributed by atoms with Crippen LogP contribution in [0.2, 0.25) is 0 Å². The summed E-state index contributed by atoms with van der Waals surface area (Å²) in [6, 6.07) is 7.94. The van der Waals surface area contributed by atoms with E-state index in [0.717, 1.165) is 0 Å². The van der Waals surface area contributed by atoms with Gasteiger partial charge in [-0.3, -0.25) is 14.8 Å². The number of carbonyl (C=O) groups excluding carboxylic acids is 2. The first kappa shape index (κ1) is 22.4. The third kappa shape index (κ3) is 7.27. The second-order valence-corrected chi connectivity index (χ2v) is 9.68. The monoisotopic (exact) mass is 427 g/mol. The smallest absolute Gasteiger partial charge is 0.243 e. The van der Waals surface area contributed by atoms with Gasteiger partial charge in [-0.1, -0.05) is 37.1 Å². The van der Waals surface area contributed by atoms with Gasteiger partial charge in [0.15, 0.2) is 0 Å². The summed E-state index contributed by atoms with van der Waals surface area (Å²) in [6.07, 6.45) is 4.41. The van der Waals surface area contributed by atoms with Crippen LogP contribution in [-0.2, 0) is 19.6 Å². The van der Waals surface area contributed by atoms with E-state index >= 15 is 0 Å². The van der Waals surface area contributed by atoms with Crippen LogP contribution in [0.25, 0.3) is 0 Å². The predicted octanol–water partition coefficient (Wildman–Crippen LogP) is 2.35. The van der Waals surface area contributed by atoms with E-state index in [-0.39, 0.29) is 6.42 Å². The average molecular weight is 428 g/mol. The first-order valence-electron chi connectivity index (χ1n) is 9.03. The number of thioether (sulfide) groups is 1. The van der Waals surface area contributed by atoms with Gasteiger partial charge >= 0.3 is 0 Å². The highest BCUT2D eigenvalue weighted by atomic mass is 32.3. The number of benzene rings is 1. The summed E-state index contributed by atoms with van der Waals surface area (Å²) in [6.45, 7) is 0. The van der Waals surface area contributed by atoms with Crippen LogP contribution < -0.4 is 15.5 Å². The minimum absolute atomic E-state index is 0.174. The normalized spacial score (nSPS) is 17.2. The number of hydrogen-bond donors (Lipinski definition) is 4. The highest BCUT2D eigenvalue weighted by Gasteiger charge is 2.31. The second-order valence-electron chi connectivity index (χ2n) is 6.38. The molecule has 1 heterocycles. The van der Waals surface area contributed by atoms with Gasteiger partial charge < -0.3 is 5.32 Å². The summed E-state index contributed by atoms with van der Waals surface area (Å²) >= 11 is 1.21. The fourth-order valence-electron chi connectivity index (χ4n) is 2.70. The van der Waals surface area contributed by atoms with Crippen LogP contribution in [0.15, 0.2) is 41.8 Å². The van der Waals surface area contributed by atoms with E-state index < -0.39 is 32.5 Å². The molecule has 0 bridgehead atoms. The Balaban J connectivity index is 1.96. The molecule has 2 atom stereocenters. The lowest BCUT2D eigenvalue weighted by Gasteiger charge is -2.20. The Morgan fingerprint density at radius 3 is 2.57 bits per heavy atom. The molecule has 0 aliphatic carbocycles. The van der Waals surface area contributed by atoms with E-state index in [4.69, 9.17) is 5.21 Å². The van der Waals surface area contributed by atoms with Crippen molar-refractivity contribution in [2.45, 2.75) is 49.1 Å². The Morgan fingerprint density at radius 2 is 1.93 bits per heavy atom. The van der Waals surface area contributed by atoms with Gasteiger partial charge in [0.2, 0.25) is 21.8 Å². The third-order valence-corrected chi connectivity index (χ3v) is 7.62. The van der Waals surface area contributed by atoms with Gasteiger partial charge in [0.05, 0.1) is 0 Å². The fourth-order valence-corrected chi connectivity index (χ4v) is 5.40. The van der Waals surface area contributed by atoms with Crippen LogP contribution in [0.1, 0.15) is 38.5 Å². The Morgan fingerprint density at radius 1 is 1.18 bits per heavy atom. The summed E-state index contributed by atoms with van der Waals surface area (Å²) in [5.41, 5.74) is 2.16. The molecule has 10 heteroatoms. The van der Waals surface area contributed by atoms with E-state index in [2.05, 4.69) is 10.0 Å². The molecule has 0 saturated carbocycles. The fraction of sp³-hybridized carbons (Fsp3) is 0.444. The Hall–Kier alpha value is -1.88. The number of unbranched alkanes of at least 4 members (excludes halogenated alkanes) is 2. The molecule has 1 aromatic rings. The highest BCUT2D eigenvalue weighted by Crippen LogP contribution is 2.28. The van der Waals surface area contributed by atoms with Crippen LogP contribution in [0.3, 0.4) is 0 Å². The van der Waals surface area contributed by atoms with E-state index in [1.807, 2.05) is 6.07 Å². The molecular weight excluding hydrogens is 402 g/mol. The maximum absolute atomic E-state index is 12.7. The van der Waals surface area contributed by atoms with Crippen molar-refractivity contribution >= 4 is 39.3 Å². The molecule has 0 saturated heterocycles. The molecule has 154 valence electrons. The zero-order chi connectivity index (χ0) is 20.4. The van der Waals surface area contributed by atoms with E-state index in [9.17, 15) is 18.0 Å². The lowest BCUT2D eigenvalue weighted by molar-refractivity contribution is -0.129. The van der Waals surface area contributed by atoms with Crippen molar-refractivity contribution in [1.82, 2.24) is 10.2 Å². The number of anilines is 1. The van der Waals surface area contributed by atoms with E-state index in [0.29, 0.717) is 37.8 Å². The van der Waals surface area contributed by atoms with E-state index in [1.165, 1.54) is 11.8 Å². The van der Waals surface area contributed by atoms with Gasteiger partial charge in [-0.15, -0.1) is 11.8 Å². The largest absolute Gasteiger partial charge is 0.325 e. The van der Waals surface area contributed by atoms with Crippen LogP contribution in [-0.4, -0.2) is 36.1 Å². The molecule has 2 amide bonds. The molecule has 1 aromatic carbocycles. The quantitative estimate of drug-likeness (QED) is 0.244. The number of allylic oxidation sites excluding steroid dienone is 1. The van der Waals surface area contributed by atoms with Crippen LogP contribution >= 0.6 is 11.8 Å². The molecule has 1 unspecified atom stereocenters. The topological polar surface area (TPSA) is 125 Å². The number of sulfonamides is 1. The SMILES string of the molecule is O=C(CCCCC[C@H](NS(=O)(=O)C1CC=CS1)C(=O)Nc1ccccc1)NO. The maximum Gasteiger partial charge on any atom is 0.243 e. The molecule has 0 fully saturated rings. The number of hydrogen-bond acceptors (Lipinski definition) is 6. The van der Waals surface area contributed by atoms with Crippen LogP contribution in [0, 0.1) is 0 Å².